The van der Waals surface area contributed by atoms with Gasteiger partial charge in [-0.2, -0.15) is 4.68 Å². The third kappa shape index (κ3) is 2.11. The highest BCUT2D eigenvalue weighted by atomic mass is 35.5. The molecular formula is C18H17ClN8O. The molecule has 0 spiro atoms. The van der Waals surface area contributed by atoms with Crippen LogP contribution < -0.4 is 4.90 Å². The van der Waals surface area contributed by atoms with Gasteiger partial charge >= 0.3 is 0 Å². The lowest BCUT2D eigenvalue weighted by atomic mass is 9.99. The van der Waals surface area contributed by atoms with E-state index in [4.69, 9.17) is 16.5 Å². The van der Waals surface area contributed by atoms with Gasteiger partial charge in [0.1, 0.15) is 12.5 Å². The zero-order valence-corrected chi connectivity index (χ0v) is 15.9. The molecule has 0 radical (unpaired) electrons. The number of aromatic nitrogens is 6. The molecule has 3 aliphatic heterocycles. The fourth-order valence-electron chi connectivity index (χ4n) is 4.29. The van der Waals surface area contributed by atoms with Gasteiger partial charge < -0.3 is 9.64 Å². The number of rotatable bonds is 2. The zero-order chi connectivity index (χ0) is 18.8. The third-order valence-corrected chi connectivity index (χ3v) is 5.85. The number of halogens is 1. The molecule has 142 valence electrons. The lowest BCUT2D eigenvalue weighted by Gasteiger charge is -2.30. The van der Waals surface area contributed by atoms with Gasteiger partial charge in [0.25, 0.3) is 5.95 Å². The normalized spacial score (nSPS) is 22.9. The van der Waals surface area contributed by atoms with Crippen LogP contribution in [-0.2, 0) is 4.74 Å². The summed E-state index contributed by atoms with van der Waals surface area (Å²) in [4.78, 5) is 2.14. The number of para-hydroxylation sites is 1. The Balaban J connectivity index is 1.56. The molecule has 28 heavy (non-hydrogen) atoms. The van der Waals surface area contributed by atoms with Gasteiger partial charge in [0.15, 0.2) is 5.82 Å². The number of hydrogen-bond donors (Lipinski definition) is 0. The highest BCUT2D eigenvalue weighted by Crippen LogP contribution is 2.43. The summed E-state index contributed by atoms with van der Waals surface area (Å²) < 4.78 is 11.1. The Kier molecular flexibility index (Phi) is 3.33. The van der Waals surface area contributed by atoms with Gasteiger partial charge in [0.2, 0.25) is 0 Å². The summed E-state index contributed by atoms with van der Waals surface area (Å²) >= 11 is 6.33. The summed E-state index contributed by atoms with van der Waals surface area (Å²) in [6.45, 7) is 3.36. The molecule has 1 fully saturated rings. The van der Waals surface area contributed by atoms with Gasteiger partial charge in [0, 0.05) is 29.9 Å². The van der Waals surface area contributed by atoms with Gasteiger partial charge in [-0.05, 0) is 25.5 Å². The SMILES string of the molecule is CC1OCCC1c1cnnn1-c1nnc2n1C1=CN(Cl)CN1c1ccccc1-2. The molecule has 5 heterocycles. The van der Waals surface area contributed by atoms with Gasteiger partial charge in [-0.1, -0.05) is 17.3 Å². The molecule has 2 unspecified atom stereocenters. The first-order chi connectivity index (χ1) is 13.7. The van der Waals surface area contributed by atoms with Crippen LogP contribution in [0.5, 0.6) is 0 Å². The molecule has 3 aromatic rings. The van der Waals surface area contributed by atoms with E-state index in [1.54, 1.807) is 15.3 Å². The quantitative estimate of drug-likeness (QED) is 0.615. The van der Waals surface area contributed by atoms with Crippen LogP contribution in [0, 0.1) is 0 Å². The maximum absolute atomic E-state index is 6.33. The molecule has 2 aromatic heterocycles. The average molecular weight is 397 g/mol. The minimum atomic E-state index is 0.113. The summed E-state index contributed by atoms with van der Waals surface area (Å²) in [5, 5.41) is 17.5. The topological polar surface area (TPSA) is 77.1 Å². The van der Waals surface area contributed by atoms with Crippen molar-refractivity contribution in [3.05, 3.63) is 42.4 Å². The highest BCUT2D eigenvalue weighted by Gasteiger charge is 2.37. The summed E-state index contributed by atoms with van der Waals surface area (Å²) in [6, 6.07) is 8.12. The molecule has 0 N–H and O–H groups in total. The maximum Gasteiger partial charge on any atom is 0.259 e. The van der Waals surface area contributed by atoms with E-state index in [0.717, 1.165) is 41.6 Å². The maximum atomic E-state index is 6.33. The fraction of sp³-hybridized carbons (Fsp3) is 0.333. The Morgan fingerprint density at radius 3 is 2.96 bits per heavy atom. The predicted octanol–water partition coefficient (Wildman–Crippen LogP) is 2.42. The molecule has 0 aliphatic carbocycles. The Morgan fingerprint density at radius 1 is 1.21 bits per heavy atom. The van der Waals surface area contributed by atoms with E-state index in [0.29, 0.717) is 12.6 Å². The molecule has 2 atom stereocenters. The summed E-state index contributed by atoms with van der Waals surface area (Å²) in [5.41, 5.74) is 3.04. The molecule has 0 bridgehead atoms. The second-order valence-corrected chi connectivity index (χ2v) is 7.61. The van der Waals surface area contributed by atoms with Crippen molar-refractivity contribution in [1.82, 2.24) is 34.2 Å². The smallest absolute Gasteiger partial charge is 0.259 e. The minimum absolute atomic E-state index is 0.113. The molecule has 3 aliphatic rings. The number of benzene rings is 1. The lowest BCUT2D eigenvalue weighted by Crippen LogP contribution is -2.29. The van der Waals surface area contributed by atoms with Crippen molar-refractivity contribution in [3.8, 4) is 17.3 Å². The number of anilines is 1. The predicted molar refractivity (Wildman–Crippen MR) is 102 cm³/mol. The van der Waals surface area contributed by atoms with E-state index < -0.39 is 0 Å². The van der Waals surface area contributed by atoms with Crippen LogP contribution in [0.1, 0.15) is 25.0 Å². The second kappa shape index (κ2) is 5.79. The van der Waals surface area contributed by atoms with Gasteiger partial charge in [-0.3, -0.25) is 4.42 Å². The number of nitrogens with zero attached hydrogens (tertiary/aromatic N) is 8. The van der Waals surface area contributed by atoms with E-state index in [1.165, 1.54) is 0 Å². The van der Waals surface area contributed by atoms with Crippen LogP contribution >= 0.6 is 11.8 Å². The molecule has 9 nitrogen and oxygen atoms in total. The van der Waals surface area contributed by atoms with Crippen molar-refractivity contribution in [1.29, 1.82) is 0 Å². The summed E-state index contributed by atoms with van der Waals surface area (Å²) in [6.07, 6.45) is 4.72. The summed E-state index contributed by atoms with van der Waals surface area (Å²) in [5.74, 6) is 2.47. The van der Waals surface area contributed by atoms with Crippen LogP contribution in [0.4, 0.5) is 5.69 Å². The number of ether oxygens (including phenoxy) is 1. The first-order valence-corrected chi connectivity index (χ1v) is 9.56. The van der Waals surface area contributed by atoms with Crippen molar-refractivity contribution < 1.29 is 4.74 Å². The molecule has 0 saturated carbocycles. The largest absolute Gasteiger partial charge is 0.378 e. The van der Waals surface area contributed by atoms with Crippen molar-refractivity contribution in [3.63, 3.8) is 0 Å². The number of hydrogen-bond acceptors (Lipinski definition) is 7. The van der Waals surface area contributed by atoms with Crippen LogP contribution in [-0.4, -0.2) is 53.6 Å². The van der Waals surface area contributed by atoms with E-state index >= 15 is 0 Å². The van der Waals surface area contributed by atoms with E-state index in [2.05, 4.69) is 38.4 Å². The van der Waals surface area contributed by atoms with Crippen LogP contribution in [0.2, 0.25) is 0 Å². The van der Waals surface area contributed by atoms with E-state index in [-0.39, 0.29) is 12.0 Å². The first kappa shape index (κ1) is 16.1. The molecule has 6 rings (SSSR count). The zero-order valence-electron chi connectivity index (χ0n) is 15.1. The van der Waals surface area contributed by atoms with Gasteiger partial charge in [-0.25, -0.2) is 4.57 Å². The van der Waals surface area contributed by atoms with Crippen molar-refractivity contribution in [2.75, 3.05) is 18.2 Å². The van der Waals surface area contributed by atoms with Gasteiger partial charge in [-0.15, -0.1) is 15.3 Å². The lowest BCUT2D eigenvalue weighted by molar-refractivity contribution is 0.117. The minimum Gasteiger partial charge on any atom is -0.378 e. The highest BCUT2D eigenvalue weighted by molar-refractivity contribution is 6.15. The summed E-state index contributed by atoms with van der Waals surface area (Å²) in [7, 11) is 0. The van der Waals surface area contributed by atoms with Crippen LogP contribution in [0.15, 0.2) is 36.7 Å². The van der Waals surface area contributed by atoms with Crippen molar-refractivity contribution in [2.24, 2.45) is 0 Å². The van der Waals surface area contributed by atoms with Crippen LogP contribution in [0.25, 0.3) is 23.2 Å². The first-order valence-electron chi connectivity index (χ1n) is 9.22. The fourth-order valence-corrected chi connectivity index (χ4v) is 4.48. The Morgan fingerprint density at radius 2 is 2.11 bits per heavy atom. The molecule has 0 amide bonds. The van der Waals surface area contributed by atoms with E-state index in [1.807, 2.05) is 29.0 Å². The third-order valence-electron chi connectivity index (χ3n) is 5.64. The Labute approximate surface area is 165 Å². The number of fused-ring (bicyclic) bond motifs is 6. The Hall–Kier alpha value is -2.91. The molecule has 10 heteroatoms. The van der Waals surface area contributed by atoms with Crippen molar-refractivity contribution in [2.45, 2.75) is 25.4 Å². The van der Waals surface area contributed by atoms with Gasteiger partial charge in [0.05, 0.1) is 29.9 Å². The molecule has 1 saturated heterocycles. The molecule has 1 aromatic carbocycles. The average Bonchev–Trinajstić information content (AvgIpc) is 3.46. The standard InChI is InChI=1S/C18H17ClN8O/c1-11-12(6-7-28-11)15-8-20-23-27(15)18-22-21-17-13-4-2-3-5-14(13)25-10-24(19)9-16(25)26(17)18/h2-5,8-9,11-12H,6-7,10H2,1H3. The Bertz CT molecular complexity index is 1100. The monoisotopic (exact) mass is 396 g/mol. The second-order valence-electron chi connectivity index (χ2n) is 7.17. The molecular weight excluding hydrogens is 380 g/mol. The van der Waals surface area contributed by atoms with Crippen LogP contribution in [0.3, 0.4) is 0 Å². The van der Waals surface area contributed by atoms with E-state index in [9.17, 15) is 0 Å². The van der Waals surface area contributed by atoms with Crippen molar-refractivity contribution >= 4 is 23.3 Å².